The molecule has 0 saturated carbocycles. The van der Waals surface area contributed by atoms with Gasteiger partial charge in [0.15, 0.2) is 0 Å². The third-order valence-corrected chi connectivity index (χ3v) is 3.20. The highest BCUT2D eigenvalue weighted by atomic mass is 28.2. The minimum atomic E-state index is -1.08. The average Bonchev–Trinajstić information content (AvgIpc) is 1.23. The van der Waals surface area contributed by atoms with Gasteiger partial charge in [-0.05, 0) is 12.5 Å². The Hall–Kier alpha value is -0.483. The molecule has 0 aromatic carbocycles. The molecule has 0 amide bonds. The van der Waals surface area contributed by atoms with Gasteiger partial charge >= 0.3 is 0 Å². The smallest absolute Gasteiger partial charge is 0.0624 e. The van der Waals surface area contributed by atoms with Crippen molar-refractivity contribution in [3.63, 3.8) is 0 Å². The number of hydrogen-bond acceptors (Lipinski definition) is 2. The lowest BCUT2D eigenvalue weighted by Crippen LogP contribution is -2.37. The van der Waals surface area contributed by atoms with Gasteiger partial charge < -0.3 is 16.1 Å². The number of hydrogen-bond donors (Lipinski definition) is 1. The van der Waals surface area contributed by atoms with E-state index in [1.165, 1.54) is 0 Å². The monoisotopic (exact) mass is 131 g/mol. The van der Waals surface area contributed by atoms with Crippen molar-refractivity contribution < 1.29 is 9.90 Å². The van der Waals surface area contributed by atoms with E-state index in [1.807, 2.05) is 5.67 Å². The van der Waals surface area contributed by atoms with Crippen molar-refractivity contribution in [1.29, 1.82) is 0 Å². The number of quaternary nitrogens is 1. The SMILES string of the molecule is O=C([O-])[Si]1=CCC1.[NH4+]. The van der Waals surface area contributed by atoms with Crippen LogP contribution in [0.1, 0.15) is 6.42 Å². The van der Waals surface area contributed by atoms with Crippen LogP contribution in [0.3, 0.4) is 0 Å². The highest BCUT2D eigenvalue weighted by molar-refractivity contribution is 6.94. The number of carbonyl (C=O) groups excluding carboxylic acids is 1. The second kappa shape index (κ2) is 2.73. The van der Waals surface area contributed by atoms with Gasteiger partial charge in [-0.25, -0.2) is 0 Å². The molecule has 3 nitrogen and oxygen atoms in total. The molecular formula is C4H9NO2Si. The quantitative estimate of drug-likeness (QED) is 0.490. The zero-order valence-corrected chi connectivity index (χ0v) is 5.81. The zero-order valence-electron chi connectivity index (χ0n) is 4.81. The molecule has 46 valence electrons. The standard InChI is InChI=1S/C4H6O2Si.H3N/c5-4(6)7-2-1-3-7;/h2H,1,3H2,(H,5,6);1H3. The fourth-order valence-corrected chi connectivity index (χ4v) is 1.42. The van der Waals surface area contributed by atoms with Crippen LogP contribution in [0.5, 0.6) is 0 Å². The largest absolute Gasteiger partial charge is 0.551 e. The predicted molar refractivity (Wildman–Crippen MR) is 32.6 cm³/mol. The van der Waals surface area contributed by atoms with Crippen LogP contribution >= 0.6 is 0 Å². The lowest BCUT2D eigenvalue weighted by atomic mass is 10.6. The Balaban J connectivity index is 0.000000490. The Morgan fingerprint density at radius 3 is 2.25 bits per heavy atom. The first-order valence-corrected chi connectivity index (χ1v) is 3.99. The summed E-state index contributed by atoms with van der Waals surface area (Å²) in [5.74, 6) is 0. The lowest BCUT2D eigenvalue weighted by molar-refractivity contribution is -0.234. The first-order valence-electron chi connectivity index (χ1n) is 2.21. The van der Waals surface area contributed by atoms with E-state index in [-0.39, 0.29) is 6.15 Å². The number of carbonyl (C=O) groups is 1. The molecule has 4 heteroatoms. The van der Waals surface area contributed by atoms with Crippen LogP contribution in [0, 0.1) is 0 Å². The van der Waals surface area contributed by atoms with Crippen LogP contribution < -0.4 is 11.3 Å². The second-order valence-electron chi connectivity index (χ2n) is 1.56. The van der Waals surface area contributed by atoms with E-state index in [0.29, 0.717) is 0 Å². The van der Waals surface area contributed by atoms with Gasteiger partial charge in [-0.2, -0.15) is 0 Å². The maximum absolute atomic E-state index is 9.88. The summed E-state index contributed by atoms with van der Waals surface area (Å²) in [6.45, 7) is 0. The Morgan fingerprint density at radius 1 is 1.75 bits per heavy atom. The molecule has 0 unspecified atom stereocenters. The summed E-state index contributed by atoms with van der Waals surface area (Å²) in [7, 11) is -1.08. The first kappa shape index (κ1) is 7.52. The van der Waals surface area contributed by atoms with Crippen LogP contribution in [0.25, 0.3) is 0 Å². The van der Waals surface area contributed by atoms with E-state index >= 15 is 0 Å². The molecule has 0 aromatic heterocycles. The molecule has 0 atom stereocenters. The number of rotatable bonds is 1. The molecule has 8 heavy (non-hydrogen) atoms. The van der Waals surface area contributed by atoms with Gasteiger partial charge in [-0.1, -0.05) is 5.67 Å². The van der Waals surface area contributed by atoms with Crippen LogP contribution in [0.2, 0.25) is 6.04 Å². The third-order valence-electron chi connectivity index (χ3n) is 1.07. The normalized spacial score (nSPS) is 15.2. The zero-order chi connectivity index (χ0) is 5.28. The molecule has 0 bridgehead atoms. The van der Waals surface area contributed by atoms with Gasteiger partial charge in [0.2, 0.25) is 0 Å². The predicted octanol–water partition coefficient (Wildman–Crippen LogP) is -0.430. The minimum Gasteiger partial charge on any atom is -0.551 e. The average molecular weight is 131 g/mol. The van der Waals surface area contributed by atoms with E-state index in [9.17, 15) is 9.90 Å². The molecule has 0 aliphatic carbocycles. The third kappa shape index (κ3) is 1.24. The summed E-state index contributed by atoms with van der Waals surface area (Å²) >= 11 is 0. The first-order chi connectivity index (χ1) is 3.30. The van der Waals surface area contributed by atoms with Gasteiger partial charge in [0, 0.05) is 5.59 Å². The van der Waals surface area contributed by atoms with Gasteiger partial charge in [0.25, 0.3) is 0 Å². The number of carboxylic acid groups (broad SMARTS) is 1. The van der Waals surface area contributed by atoms with Gasteiger partial charge in [-0.15, -0.1) is 0 Å². The van der Waals surface area contributed by atoms with E-state index in [4.69, 9.17) is 0 Å². The van der Waals surface area contributed by atoms with E-state index in [0.717, 1.165) is 12.5 Å². The second-order valence-corrected chi connectivity index (χ2v) is 3.92. The molecule has 1 heterocycles. The van der Waals surface area contributed by atoms with Crippen molar-refractivity contribution in [3.8, 4) is 0 Å². The van der Waals surface area contributed by atoms with Crippen molar-refractivity contribution in [2.75, 3.05) is 0 Å². The van der Waals surface area contributed by atoms with Crippen molar-refractivity contribution in [2.45, 2.75) is 12.5 Å². The molecule has 0 fully saturated rings. The maximum atomic E-state index is 9.88. The van der Waals surface area contributed by atoms with Crippen molar-refractivity contribution in [2.24, 2.45) is 0 Å². The lowest BCUT2D eigenvalue weighted by Gasteiger charge is -2.12. The van der Waals surface area contributed by atoms with Crippen LogP contribution in [0.4, 0.5) is 4.79 Å². The highest BCUT2D eigenvalue weighted by Crippen LogP contribution is 1.98. The fraction of sp³-hybridized carbons (Fsp3) is 0.500. The Morgan fingerprint density at radius 2 is 2.25 bits per heavy atom. The molecule has 0 radical (unpaired) electrons. The van der Waals surface area contributed by atoms with Crippen molar-refractivity contribution in [1.82, 2.24) is 6.15 Å². The van der Waals surface area contributed by atoms with Crippen LogP contribution in [-0.2, 0) is 0 Å². The van der Waals surface area contributed by atoms with Gasteiger partial charge in [0.05, 0.1) is 8.41 Å². The molecule has 0 spiro atoms. The van der Waals surface area contributed by atoms with Gasteiger partial charge in [0.1, 0.15) is 0 Å². The Bertz CT molecular complexity index is 132. The topological polar surface area (TPSA) is 76.6 Å². The Kier molecular flexibility index (Phi) is 2.57. The van der Waals surface area contributed by atoms with Gasteiger partial charge in [-0.3, -0.25) is 0 Å². The van der Waals surface area contributed by atoms with Crippen molar-refractivity contribution in [3.05, 3.63) is 0 Å². The maximum Gasteiger partial charge on any atom is 0.0624 e. The summed E-state index contributed by atoms with van der Waals surface area (Å²) in [5, 5.41) is 9.88. The highest BCUT2D eigenvalue weighted by Gasteiger charge is 2.05. The minimum absolute atomic E-state index is 0. The van der Waals surface area contributed by atoms with E-state index < -0.39 is 14.0 Å². The molecule has 0 aromatic rings. The van der Waals surface area contributed by atoms with E-state index in [1.54, 1.807) is 0 Å². The molecule has 4 N–H and O–H groups in total. The molecular weight excluding hydrogens is 122 g/mol. The summed E-state index contributed by atoms with van der Waals surface area (Å²) in [4.78, 5) is 9.88. The van der Waals surface area contributed by atoms with Crippen molar-refractivity contribution >= 4 is 19.7 Å². The summed E-state index contributed by atoms with van der Waals surface area (Å²) in [5.41, 5.74) is 1.04. The molecule has 1 rings (SSSR count). The summed E-state index contributed by atoms with van der Waals surface area (Å²) < 4.78 is 0. The molecule has 1 aliphatic heterocycles. The van der Waals surface area contributed by atoms with Crippen LogP contribution in [0.15, 0.2) is 0 Å². The Labute approximate surface area is 49.1 Å². The molecule has 0 saturated heterocycles. The van der Waals surface area contributed by atoms with E-state index in [2.05, 4.69) is 0 Å². The summed E-state index contributed by atoms with van der Waals surface area (Å²) in [6, 6.07) is 0.882. The fourth-order valence-electron chi connectivity index (χ4n) is 0.474. The molecule has 1 aliphatic rings. The summed E-state index contributed by atoms with van der Waals surface area (Å²) in [6.07, 6.45) is 0.988. The van der Waals surface area contributed by atoms with Crippen LogP contribution in [-0.4, -0.2) is 19.7 Å².